The van der Waals surface area contributed by atoms with Crippen molar-refractivity contribution in [2.75, 3.05) is 12.4 Å². The van der Waals surface area contributed by atoms with Crippen LogP contribution in [-0.2, 0) is 6.54 Å². The minimum absolute atomic E-state index is 0.458. The number of aromatic nitrogens is 4. The number of anilines is 1. The first-order valence-electron chi connectivity index (χ1n) is 9.59. The molecule has 0 bridgehead atoms. The van der Waals surface area contributed by atoms with E-state index in [1.165, 1.54) is 18.4 Å². The topological polar surface area (TPSA) is 64.3 Å². The normalized spacial score (nSPS) is 13.6. The largest absolute Gasteiger partial charge is 0.496 e. The van der Waals surface area contributed by atoms with Gasteiger partial charge in [-0.1, -0.05) is 29.8 Å². The Morgan fingerprint density at radius 2 is 2.10 bits per heavy atom. The van der Waals surface area contributed by atoms with Gasteiger partial charge in [0.2, 0.25) is 0 Å². The minimum atomic E-state index is 0.458. The molecular weight excluding hydrogens is 386 g/mol. The number of hydrogen-bond donors (Lipinski definition) is 1. The molecule has 1 aliphatic carbocycles. The predicted molar refractivity (Wildman–Crippen MR) is 114 cm³/mol. The van der Waals surface area contributed by atoms with Crippen LogP contribution in [0.15, 0.2) is 54.9 Å². The number of pyridine rings is 1. The number of fused-ring (bicyclic) bond motifs is 1. The summed E-state index contributed by atoms with van der Waals surface area (Å²) in [6.45, 7) is 0.569. The summed E-state index contributed by atoms with van der Waals surface area (Å²) in [6.07, 6.45) is 6.08. The van der Waals surface area contributed by atoms with Gasteiger partial charge in [0.15, 0.2) is 5.65 Å². The molecule has 1 aromatic carbocycles. The fraction of sp³-hybridized carbons (Fsp3) is 0.227. The molecule has 146 valence electrons. The van der Waals surface area contributed by atoms with Gasteiger partial charge in [0.25, 0.3) is 0 Å². The lowest BCUT2D eigenvalue weighted by Crippen LogP contribution is -2.07. The van der Waals surface area contributed by atoms with Gasteiger partial charge >= 0.3 is 0 Å². The summed E-state index contributed by atoms with van der Waals surface area (Å²) >= 11 is 6.28. The van der Waals surface area contributed by atoms with Crippen LogP contribution in [0, 0.1) is 0 Å². The number of rotatable bonds is 6. The monoisotopic (exact) mass is 405 g/mol. The van der Waals surface area contributed by atoms with Gasteiger partial charge in [-0.2, -0.15) is 9.61 Å². The molecule has 1 N–H and O–H groups in total. The molecule has 1 saturated carbocycles. The summed E-state index contributed by atoms with van der Waals surface area (Å²) in [4.78, 5) is 8.89. The van der Waals surface area contributed by atoms with Crippen molar-refractivity contribution in [2.45, 2.75) is 25.3 Å². The second-order valence-electron chi connectivity index (χ2n) is 7.17. The molecule has 0 radical (unpaired) electrons. The Hall–Kier alpha value is -3.12. The van der Waals surface area contributed by atoms with Gasteiger partial charge in [-0.05, 0) is 37.0 Å². The second kappa shape index (κ2) is 7.37. The third-order valence-electron chi connectivity index (χ3n) is 5.19. The highest BCUT2D eigenvalue weighted by Gasteiger charge is 2.28. The van der Waals surface area contributed by atoms with Crippen LogP contribution in [0.4, 0.5) is 5.82 Å². The zero-order valence-corrected chi connectivity index (χ0v) is 16.7. The third kappa shape index (κ3) is 3.51. The van der Waals surface area contributed by atoms with Gasteiger partial charge in [-0.15, -0.1) is 0 Å². The molecule has 7 heteroatoms. The number of ether oxygens (including phenoxy) is 1. The number of nitrogens with one attached hydrogen (secondary N) is 1. The minimum Gasteiger partial charge on any atom is -0.496 e. The highest BCUT2D eigenvalue weighted by Crippen LogP contribution is 2.42. The summed E-state index contributed by atoms with van der Waals surface area (Å²) < 4.78 is 7.45. The maximum atomic E-state index is 6.28. The molecule has 0 atom stereocenters. The summed E-state index contributed by atoms with van der Waals surface area (Å²) in [5, 5.41) is 8.41. The molecule has 0 spiro atoms. The van der Waals surface area contributed by atoms with Gasteiger partial charge < -0.3 is 10.1 Å². The molecule has 0 amide bonds. The van der Waals surface area contributed by atoms with Crippen molar-refractivity contribution >= 4 is 23.1 Å². The summed E-state index contributed by atoms with van der Waals surface area (Å²) in [5.41, 5.74) is 4.97. The van der Waals surface area contributed by atoms with Crippen LogP contribution in [0.3, 0.4) is 0 Å². The molecule has 1 aliphatic rings. The SMILES string of the molecule is COc1cc(-c2ccccn2)ccc1CNc1cc(Cl)nc2c(C3CC3)cnn12. The van der Waals surface area contributed by atoms with Crippen molar-refractivity contribution in [1.82, 2.24) is 19.6 Å². The first-order chi connectivity index (χ1) is 14.2. The number of methoxy groups -OCH3 is 1. The van der Waals surface area contributed by atoms with Gasteiger partial charge in [0.1, 0.15) is 16.7 Å². The van der Waals surface area contributed by atoms with Crippen molar-refractivity contribution in [3.8, 4) is 17.0 Å². The summed E-state index contributed by atoms with van der Waals surface area (Å²) in [6, 6.07) is 13.8. The van der Waals surface area contributed by atoms with Gasteiger partial charge in [0, 0.05) is 35.5 Å². The van der Waals surface area contributed by atoms with E-state index in [0.717, 1.165) is 34.0 Å². The molecule has 0 aliphatic heterocycles. The average molecular weight is 406 g/mol. The van der Waals surface area contributed by atoms with Crippen LogP contribution in [0.5, 0.6) is 5.75 Å². The van der Waals surface area contributed by atoms with E-state index in [1.54, 1.807) is 19.4 Å². The quantitative estimate of drug-likeness (QED) is 0.460. The lowest BCUT2D eigenvalue weighted by atomic mass is 10.1. The van der Waals surface area contributed by atoms with Crippen molar-refractivity contribution in [2.24, 2.45) is 0 Å². The van der Waals surface area contributed by atoms with Crippen LogP contribution < -0.4 is 10.1 Å². The molecule has 3 heterocycles. The molecule has 5 rings (SSSR count). The molecule has 0 unspecified atom stereocenters. The standard InChI is InChI=1S/C22H20ClN5O/c1-29-19-10-15(18-4-2-3-9-24-18)7-8-16(19)12-25-21-11-20(23)27-22-17(14-5-6-14)13-26-28(21)22/h2-4,7-11,13-14,25H,5-6,12H2,1H3. The summed E-state index contributed by atoms with van der Waals surface area (Å²) in [7, 11) is 1.68. The fourth-order valence-electron chi connectivity index (χ4n) is 3.53. The van der Waals surface area contributed by atoms with Crippen molar-refractivity contribution in [3.05, 3.63) is 71.1 Å². The van der Waals surface area contributed by atoms with E-state index in [1.807, 2.05) is 35.0 Å². The molecule has 0 saturated heterocycles. The summed E-state index contributed by atoms with van der Waals surface area (Å²) in [5.74, 6) is 2.17. The molecule has 29 heavy (non-hydrogen) atoms. The van der Waals surface area contributed by atoms with Crippen molar-refractivity contribution in [3.63, 3.8) is 0 Å². The maximum absolute atomic E-state index is 6.28. The van der Waals surface area contributed by atoms with E-state index in [2.05, 4.69) is 32.5 Å². The predicted octanol–water partition coefficient (Wildman–Crippen LogP) is 4.94. The van der Waals surface area contributed by atoms with E-state index in [9.17, 15) is 0 Å². The third-order valence-corrected chi connectivity index (χ3v) is 5.39. The van der Waals surface area contributed by atoms with Gasteiger partial charge in [-0.25, -0.2) is 4.98 Å². The van der Waals surface area contributed by atoms with Crippen LogP contribution in [0.1, 0.15) is 29.9 Å². The Balaban J connectivity index is 1.43. The first-order valence-corrected chi connectivity index (χ1v) is 9.97. The Bertz CT molecular complexity index is 1170. The van der Waals surface area contributed by atoms with Crippen LogP contribution >= 0.6 is 11.6 Å². The van der Waals surface area contributed by atoms with E-state index < -0.39 is 0 Å². The van der Waals surface area contributed by atoms with Gasteiger partial charge in [0.05, 0.1) is 19.0 Å². The zero-order chi connectivity index (χ0) is 19.8. The maximum Gasteiger partial charge on any atom is 0.162 e. The number of halogens is 1. The highest BCUT2D eigenvalue weighted by molar-refractivity contribution is 6.29. The molecular formula is C22H20ClN5O. The molecule has 1 fully saturated rings. The van der Waals surface area contributed by atoms with Crippen molar-refractivity contribution in [1.29, 1.82) is 0 Å². The molecule has 6 nitrogen and oxygen atoms in total. The van der Waals surface area contributed by atoms with Crippen LogP contribution in [-0.4, -0.2) is 26.7 Å². The Labute approximate surface area is 173 Å². The number of hydrogen-bond acceptors (Lipinski definition) is 5. The lowest BCUT2D eigenvalue weighted by molar-refractivity contribution is 0.410. The number of nitrogens with zero attached hydrogens (tertiary/aromatic N) is 4. The van der Waals surface area contributed by atoms with E-state index in [-0.39, 0.29) is 0 Å². The Morgan fingerprint density at radius 1 is 1.21 bits per heavy atom. The Kier molecular flexibility index (Phi) is 4.56. The van der Waals surface area contributed by atoms with Crippen LogP contribution in [0.25, 0.3) is 16.9 Å². The first kappa shape index (κ1) is 17.9. The fourth-order valence-corrected chi connectivity index (χ4v) is 3.71. The Morgan fingerprint density at radius 3 is 2.86 bits per heavy atom. The van der Waals surface area contributed by atoms with Crippen LogP contribution in [0.2, 0.25) is 5.15 Å². The van der Waals surface area contributed by atoms with E-state index in [0.29, 0.717) is 17.6 Å². The lowest BCUT2D eigenvalue weighted by Gasteiger charge is -2.13. The smallest absolute Gasteiger partial charge is 0.162 e. The second-order valence-corrected chi connectivity index (χ2v) is 7.56. The number of benzene rings is 1. The van der Waals surface area contributed by atoms with Gasteiger partial charge in [-0.3, -0.25) is 4.98 Å². The molecule has 3 aromatic heterocycles. The van der Waals surface area contributed by atoms with E-state index >= 15 is 0 Å². The average Bonchev–Trinajstić information content (AvgIpc) is 3.51. The highest BCUT2D eigenvalue weighted by atomic mass is 35.5. The zero-order valence-electron chi connectivity index (χ0n) is 16.0. The van der Waals surface area contributed by atoms with Crippen molar-refractivity contribution < 1.29 is 4.74 Å². The molecule has 4 aromatic rings. The van der Waals surface area contributed by atoms with E-state index in [4.69, 9.17) is 16.3 Å².